The van der Waals surface area contributed by atoms with Crippen molar-refractivity contribution in [2.75, 3.05) is 13.2 Å². The highest BCUT2D eigenvalue weighted by Crippen LogP contribution is 2.28. The Morgan fingerprint density at radius 1 is 0.958 bits per heavy atom. The fourth-order valence-corrected chi connectivity index (χ4v) is 3.36. The van der Waals surface area contributed by atoms with E-state index in [1.165, 1.54) is 0 Å². The highest BCUT2D eigenvalue weighted by atomic mass is 79.9. The third-order valence-corrected chi connectivity index (χ3v) is 5.14. The van der Waals surface area contributed by atoms with Crippen molar-refractivity contribution >= 4 is 26.0 Å². The SMILES string of the molecule is CCOc1ccc(CNS(=O)(=O)c2ccc(Br)cc2)cc1OCC. The predicted octanol–water partition coefficient (Wildman–Crippen LogP) is 3.73. The molecule has 0 unspecified atom stereocenters. The topological polar surface area (TPSA) is 64.6 Å². The first-order chi connectivity index (χ1) is 11.5. The fourth-order valence-electron chi connectivity index (χ4n) is 2.08. The maximum atomic E-state index is 12.3. The van der Waals surface area contributed by atoms with Gasteiger partial charge in [-0.25, -0.2) is 13.1 Å². The quantitative estimate of drug-likeness (QED) is 0.715. The molecule has 0 radical (unpaired) electrons. The molecule has 24 heavy (non-hydrogen) atoms. The second-order valence-electron chi connectivity index (χ2n) is 4.93. The lowest BCUT2D eigenvalue weighted by atomic mass is 10.2. The first-order valence-electron chi connectivity index (χ1n) is 7.60. The molecule has 0 spiro atoms. The van der Waals surface area contributed by atoms with Gasteiger partial charge >= 0.3 is 0 Å². The number of hydrogen-bond donors (Lipinski definition) is 1. The Kier molecular flexibility index (Phi) is 6.65. The molecule has 1 N–H and O–H groups in total. The molecule has 0 aliphatic rings. The van der Waals surface area contributed by atoms with Gasteiger partial charge < -0.3 is 9.47 Å². The average Bonchev–Trinajstić information content (AvgIpc) is 2.56. The minimum atomic E-state index is -3.56. The number of halogens is 1. The van der Waals surface area contributed by atoms with Crippen molar-refractivity contribution in [3.63, 3.8) is 0 Å². The van der Waals surface area contributed by atoms with Gasteiger partial charge in [0, 0.05) is 11.0 Å². The van der Waals surface area contributed by atoms with Crippen LogP contribution in [0.5, 0.6) is 11.5 Å². The van der Waals surface area contributed by atoms with Crippen LogP contribution in [0.25, 0.3) is 0 Å². The molecule has 130 valence electrons. The molecule has 0 aliphatic carbocycles. The minimum Gasteiger partial charge on any atom is -0.490 e. The van der Waals surface area contributed by atoms with Gasteiger partial charge in [0.15, 0.2) is 11.5 Å². The lowest BCUT2D eigenvalue weighted by molar-refractivity contribution is 0.287. The molecule has 0 saturated carbocycles. The van der Waals surface area contributed by atoms with E-state index in [4.69, 9.17) is 9.47 Å². The van der Waals surface area contributed by atoms with E-state index in [0.29, 0.717) is 24.7 Å². The summed E-state index contributed by atoms with van der Waals surface area (Å²) in [6, 6.07) is 11.9. The van der Waals surface area contributed by atoms with Crippen molar-refractivity contribution in [1.29, 1.82) is 0 Å². The minimum absolute atomic E-state index is 0.172. The summed E-state index contributed by atoms with van der Waals surface area (Å²) in [6.07, 6.45) is 0. The maximum absolute atomic E-state index is 12.3. The zero-order valence-electron chi connectivity index (χ0n) is 13.6. The van der Waals surface area contributed by atoms with E-state index in [2.05, 4.69) is 20.7 Å². The Hall–Kier alpha value is -1.57. The number of benzene rings is 2. The summed E-state index contributed by atoms with van der Waals surface area (Å²) in [5.41, 5.74) is 0.794. The summed E-state index contributed by atoms with van der Waals surface area (Å²) in [5.74, 6) is 1.26. The van der Waals surface area contributed by atoms with Gasteiger partial charge in [-0.15, -0.1) is 0 Å². The van der Waals surface area contributed by atoms with E-state index in [1.807, 2.05) is 19.9 Å². The summed E-state index contributed by atoms with van der Waals surface area (Å²) in [4.78, 5) is 0.224. The molecule has 2 aromatic rings. The van der Waals surface area contributed by atoms with E-state index in [0.717, 1.165) is 10.0 Å². The van der Waals surface area contributed by atoms with Crippen LogP contribution >= 0.6 is 15.9 Å². The van der Waals surface area contributed by atoms with Gasteiger partial charge in [0.05, 0.1) is 18.1 Å². The van der Waals surface area contributed by atoms with Crippen molar-refractivity contribution in [3.8, 4) is 11.5 Å². The van der Waals surface area contributed by atoms with Crippen LogP contribution in [0.2, 0.25) is 0 Å². The molecule has 7 heteroatoms. The molecule has 0 heterocycles. The fraction of sp³-hybridized carbons (Fsp3) is 0.294. The lowest BCUT2D eigenvalue weighted by Gasteiger charge is -2.13. The molecule has 2 aromatic carbocycles. The molecule has 0 atom stereocenters. The van der Waals surface area contributed by atoms with Crippen molar-refractivity contribution in [1.82, 2.24) is 4.72 Å². The van der Waals surface area contributed by atoms with Crippen LogP contribution in [0.3, 0.4) is 0 Å². The first kappa shape index (κ1) is 18.8. The standard InChI is InChI=1S/C17H20BrNO4S/c1-3-22-16-10-5-13(11-17(16)23-4-2)12-19-24(20,21)15-8-6-14(18)7-9-15/h5-11,19H,3-4,12H2,1-2H3. The summed E-state index contributed by atoms with van der Waals surface area (Å²) in [5, 5.41) is 0. The largest absolute Gasteiger partial charge is 0.490 e. The molecular formula is C17H20BrNO4S. The van der Waals surface area contributed by atoms with Crippen LogP contribution in [-0.4, -0.2) is 21.6 Å². The molecule has 2 rings (SSSR count). The second-order valence-corrected chi connectivity index (χ2v) is 7.61. The average molecular weight is 414 g/mol. The van der Waals surface area contributed by atoms with Crippen molar-refractivity contribution in [2.45, 2.75) is 25.3 Å². The summed E-state index contributed by atoms with van der Waals surface area (Å²) in [6.45, 7) is 5.00. The number of nitrogens with one attached hydrogen (secondary N) is 1. The Morgan fingerprint density at radius 2 is 1.58 bits per heavy atom. The van der Waals surface area contributed by atoms with Gasteiger partial charge in [-0.1, -0.05) is 22.0 Å². The van der Waals surface area contributed by atoms with Crippen LogP contribution in [0.1, 0.15) is 19.4 Å². The number of hydrogen-bond acceptors (Lipinski definition) is 4. The number of rotatable bonds is 8. The summed E-state index contributed by atoms with van der Waals surface area (Å²) in [7, 11) is -3.56. The van der Waals surface area contributed by atoms with Gasteiger partial charge in [-0.3, -0.25) is 0 Å². The normalized spacial score (nSPS) is 11.3. The van der Waals surface area contributed by atoms with Gasteiger partial charge in [-0.05, 0) is 55.8 Å². The number of sulfonamides is 1. The smallest absolute Gasteiger partial charge is 0.240 e. The molecule has 0 aromatic heterocycles. The highest BCUT2D eigenvalue weighted by Gasteiger charge is 2.14. The third kappa shape index (κ3) is 4.96. The summed E-state index contributed by atoms with van der Waals surface area (Å²) < 4.78 is 39.1. The monoisotopic (exact) mass is 413 g/mol. The van der Waals surface area contributed by atoms with E-state index >= 15 is 0 Å². The van der Waals surface area contributed by atoms with Crippen molar-refractivity contribution in [2.24, 2.45) is 0 Å². The zero-order chi connectivity index (χ0) is 17.6. The van der Waals surface area contributed by atoms with Crippen LogP contribution < -0.4 is 14.2 Å². The lowest BCUT2D eigenvalue weighted by Crippen LogP contribution is -2.23. The second kappa shape index (κ2) is 8.50. The Labute approximate surface area is 151 Å². The van der Waals surface area contributed by atoms with E-state index in [-0.39, 0.29) is 11.4 Å². The Morgan fingerprint density at radius 3 is 2.21 bits per heavy atom. The van der Waals surface area contributed by atoms with E-state index in [1.54, 1.807) is 36.4 Å². The molecular weight excluding hydrogens is 394 g/mol. The highest BCUT2D eigenvalue weighted by molar-refractivity contribution is 9.10. The van der Waals surface area contributed by atoms with Gasteiger partial charge in [0.1, 0.15) is 0 Å². The van der Waals surface area contributed by atoms with Gasteiger partial charge in [0.2, 0.25) is 10.0 Å². The van der Waals surface area contributed by atoms with Crippen LogP contribution in [-0.2, 0) is 16.6 Å². The molecule has 0 fully saturated rings. The van der Waals surface area contributed by atoms with Crippen LogP contribution in [0, 0.1) is 0 Å². The summed E-state index contributed by atoms with van der Waals surface area (Å²) >= 11 is 3.29. The van der Waals surface area contributed by atoms with E-state index < -0.39 is 10.0 Å². The first-order valence-corrected chi connectivity index (χ1v) is 9.87. The van der Waals surface area contributed by atoms with Crippen molar-refractivity contribution < 1.29 is 17.9 Å². The third-order valence-electron chi connectivity index (χ3n) is 3.20. The molecule has 0 aliphatic heterocycles. The Bertz CT molecular complexity index is 776. The van der Waals surface area contributed by atoms with Gasteiger partial charge in [-0.2, -0.15) is 0 Å². The van der Waals surface area contributed by atoms with Crippen LogP contribution in [0.15, 0.2) is 51.8 Å². The molecule has 5 nitrogen and oxygen atoms in total. The molecule has 0 amide bonds. The maximum Gasteiger partial charge on any atom is 0.240 e. The molecule has 0 bridgehead atoms. The Balaban J connectivity index is 2.13. The molecule has 0 saturated heterocycles. The van der Waals surface area contributed by atoms with E-state index in [9.17, 15) is 8.42 Å². The van der Waals surface area contributed by atoms with Gasteiger partial charge in [0.25, 0.3) is 0 Å². The van der Waals surface area contributed by atoms with Crippen molar-refractivity contribution in [3.05, 3.63) is 52.5 Å². The predicted molar refractivity (Wildman–Crippen MR) is 96.9 cm³/mol. The van der Waals surface area contributed by atoms with Crippen LogP contribution in [0.4, 0.5) is 0 Å². The zero-order valence-corrected chi connectivity index (χ0v) is 16.0. The number of ether oxygens (including phenoxy) is 2.